The second-order valence-corrected chi connectivity index (χ2v) is 7.32. The van der Waals surface area contributed by atoms with Gasteiger partial charge < -0.3 is 20.9 Å². The highest BCUT2D eigenvalue weighted by Gasteiger charge is 2.30. The van der Waals surface area contributed by atoms with Gasteiger partial charge in [-0.05, 0) is 30.7 Å². The van der Waals surface area contributed by atoms with Gasteiger partial charge in [-0.3, -0.25) is 4.79 Å². The van der Waals surface area contributed by atoms with Crippen LogP contribution < -0.4 is 16.0 Å². The van der Waals surface area contributed by atoms with Crippen molar-refractivity contribution in [2.24, 2.45) is 5.73 Å². The maximum atomic E-state index is 12.6. The van der Waals surface area contributed by atoms with Crippen molar-refractivity contribution in [3.05, 3.63) is 30.2 Å². The third kappa shape index (κ3) is 2.87. The van der Waals surface area contributed by atoms with Gasteiger partial charge in [0.25, 0.3) is 0 Å². The molecule has 24 heavy (non-hydrogen) atoms. The van der Waals surface area contributed by atoms with Gasteiger partial charge in [0.05, 0.1) is 5.39 Å². The molecule has 1 aliphatic heterocycles. The first-order valence-electron chi connectivity index (χ1n) is 8.15. The lowest BCUT2D eigenvalue weighted by atomic mass is 10.2. The van der Waals surface area contributed by atoms with E-state index in [-0.39, 0.29) is 23.2 Å². The van der Waals surface area contributed by atoms with Crippen molar-refractivity contribution >= 4 is 34.5 Å². The molecule has 0 spiro atoms. The summed E-state index contributed by atoms with van der Waals surface area (Å²) in [6.45, 7) is 0.576. The minimum atomic E-state index is -0.174. The van der Waals surface area contributed by atoms with E-state index in [1.807, 2.05) is 28.8 Å². The summed E-state index contributed by atoms with van der Waals surface area (Å²) in [4.78, 5) is 26.3. The van der Waals surface area contributed by atoms with Crippen molar-refractivity contribution < 1.29 is 4.79 Å². The van der Waals surface area contributed by atoms with Gasteiger partial charge in [-0.2, -0.15) is 0 Å². The molecule has 1 aliphatic carbocycles. The first-order chi connectivity index (χ1) is 11.7. The van der Waals surface area contributed by atoms with Gasteiger partial charge in [-0.1, -0.05) is 0 Å². The van der Waals surface area contributed by atoms with E-state index < -0.39 is 0 Å². The molecule has 3 atom stereocenters. The van der Waals surface area contributed by atoms with Gasteiger partial charge in [0, 0.05) is 31.0 Å². The van der Waals surface area contributed by atoms with Crippen molar-refractivity contribution in [1.82, 2.24) is 20.3 Å². The number of carbonyl (C=O) groups excluding carboxylic acids is 1. The van der Waals surface area contributed by atoms with Crippen molar-refractivity contribution in [3.63, 3.8) is 0 Å². The van der Waals surface area contributed by atoms with E-state index in [2.05, 4.69) is 20.3 Å². The van der Waals surface area contributed by atoms with Crippen LogP contribution in [0.3, 0.4) is 0 Å². The van der Waals surface area contributed by atoms with E-state index in [0.29, 0.717) is 6.54 Å². The summed E-state index contributed by atoms with van der Waals surface area (Å²) in [7, 11) is 0. The van der Waals surface area contributed by atoms with Gasteiger partial charge >= 0.3 is 0 Å². The van der Waals surface area contributed by atoms with Gasteiger partial charge in [0.1, 0.15) is 23.0 Å². The number of anilines is 1. The third-order valence-electron chi connectivity index (χ3n) is 4.64. The van der Waals surface area contributed by atoms with Crippen LogP contribution >= 0.6 is 11.8 Å². The molecule has 2 aromatic rings. The number of H-pyrrole nitrogens is 1. The lowest BCUT2D eigenvalue weighted by Crippen LogP contribution is -2.49. The molecule has 0 radical (unpaired) electrons. The van der Waals surface area contributed by atoms with Crippen molar-refractivity contribution in [3.8, 4) is 0 Å². The van der Waals surface area contributed by atoms with Crippen LogP contribution in [-0.4, -0.2) is 44.7 Å². The Bertz CT molecular complexity index is 775. The molecule has 0 bridgehead atoms. The normalized spacial score (nSPS) is 26.9. The number of carbonyl (C=O) groups is 1. The Hall–Kier alpha value is -2.06. The molecule has 1 unspecified atom stereocenters. The van der Waals surface area contributed by atoms with E-state index in [4.69, 9.17) is 5.73 Å². The number of hydrogen-bond acceptors (Lipinski definition) is 6. The first kappa shape index (κ1) is 15.5. The Balaban J connectivity index is 1.49. The largest absolute Gasteiger partial charge is 0.351 e. The number of nitrogens with two attached hydrogens (primary N) is 1. The lowest BCUT2D eigenvalue weighted by Gasteiger charge is -2.29. The molecule has 1 fully saturated rings. The number of hydrogen-bond donors (Lipinski definition) is 3. The Morgan fingerprint density at radius 1 is 1.42 bits per heavy atom. The van der Waals surface area contributed by atoms with Gasteiger partial charge in [0.15, 0.2) is 0 Å². The monoisotopic (exact) mass is 344 g/mol. The molecule has 2 aromatic heterocycles. The highest BCUT2D eigenvalue weighted by molar-refractivity contribution is 8.03. The lowest BCUT2D eigenvalue weighted by molar-refractivity contribution is -0.121. The van der Waals surface area contributed by atoms with Crippen LogP contribution in [0.5, 0.6) is 0 Å². The fraction of sp³-hybridized carbons (Fsp3) is 0.438. The molecular formula is C16H20N6OS. The highest BCUT2D eigenvalue weighted by Crippen LogP contribution is 2.28. The zero-order chi connectivity index (χ0) is 16.5. The Morgan fingerprint density at radius 3 is 3.17 bits per heavy atom. The minimum Gasteiger partial charge on any atom is -0.351 e. The summed E-state index contributed by atoms with van der Waals surface area (Å²) >= 11 is 1.54. The second kappa shape index (κ2) is 6.45. The Kier molecular flexibility index (Phi) is 4.15. The Labute approximate surface area is 144 Å². The molecule has 4 N–H and O–H groups in total. The predicted molar refractivity (Wildman–Crippen MR) is 95.5 cm³/mol. The maximum absolute atomic E-state index is 12.6. The van der Waals surface area contributed by atoms with E-state index >= 15 is 0 Å². The van der Waals surface area contributed by atoms with E-state index in [0.717, 1.165) is 36.1 Å². The molecule has 1 amide bonds. The molecule has 1 saturated carbocycles. The summed E-state index contributed by atoms with van der Waals surface area (Å²) in [5, 5.41) is 5.84. The molecule has 126 valence electrons. The van der Waals surface area contributed by atoms with Gasteiger partial charge in [0.2, 0.25) is 5.91 Å². The van der Waals surface area contributed by atoms with Crippen LogP contribution in [0.15, 0.2) is 30.2 Å². The number of nitrogens with one attached hydrogen (secondary N) is 2. The summed E-state index contributed by atoms with van der Waals surface area (Å²) in [5.41, 5.74) is 6.86. The number of fused-ring (bicyclic) bond motifs is 1. The zero-order valence-corrected chi connectivity index (χ0v) is 14.0. The van der Waals surface area contributed by atoms with Crippen LogP contribution in [0.4, 0.5) is 5.82 Å². The fourth-order valence-corrected chi connectivity index (χ4v) is 4.16. The first-order valence-corrected chi connectivity index (χ1v) is 9.09. The molecule has 3 heterocycles. The fourth-order valence-electron chi connectivity index (χ4n) is 3.32. The van der Waals surface area contributed by atoms with Crippen LogP contribution in [0.2, 0.25) is 0 Å². The average molecular weight is 344 g/mol. The number of thioether (sulfide) groups is 1. The topological polar surface area (TPSA) is 99.9 Å². The Morgan fingerprint density at radius 2 is 2.33 bits per heavy atom. The number of nitrogens with zero attached hydrogens (tertiary/aromatic N) is 3. The predicted octanol–water partition coefficient (Wildman–Crippen LogP) is 1.35. The van der Waals surface area contributed by atoms with Crippen molar-refractivity contribution in [2.75, 3.05) is 11.4 Å². The number of aromatic amines is 1. The summed E-state index contributed by atoms with van der Waals surface area (Å²) in [5.74, 6) is 0.865. The smallest absolute Gasteiger partial charge is 0.235 e. The third-order valence-corrected chi connectivity index (χ3v) is 5.61. The van der Waals surface area contributed by atoms with Crippen LogP contribution in [-0.2, 0) is 4.79 Å². The van der Waals surface area contributed by atoms with Crippen LogP contribution in [0.1, 0.15) is 19.3 Å². The zero-order valence-electron chi connectivity index (χ0n) is 13.2. The van der Waals surface area contributed by atoms with E-state index in [9.17, 15) is 4.79 Å². The summed E-state index contributed by atoms with van der Waals surface area (Å²) < 4.78 is 0. The average Bonchev–Trinajstić information content (AvgIpc) is 3.24. The van der Waals surface area contributed by atoms with E-state index in [1.54, 1.807) is 0 Å². The SMILES string of the molecule is N[C@@H]1CCC[C@H]1NC(=O)C1CN(c2ncnc3[nH]ccc23)C=CS1. The van der Waals surface area contributed by atoms with Gasteiger partial charge in [-0.25, -0.2) is 9.97 Å². The van der Waals surface area contributed by atoms with Gasteiger partial charge in [-0.15, -0.1) is 11.8 Å². The molecular weight excluding hydrogens is 324 g/mol. The minimum absolute atomic E-state index is 0.0519. The van der Waals surface area contributed by atoms with E-state index in [1.165, 1.54) is 18.1 Å². The van der Waals surface area contributed by atoms with Crippen molar-refractivity contribution in [1.29, 1.82) is 0 Å². The number of aromatic nitrogens is 3. The molecule has 8 heteroatoms. The summed E-state index contributed by atoms with van der Waals surface area (Å²) in [6, 6.07) is 2.13. The summed E-state index contributed by atoms with van der Waals surface area (Å²) in [6.07, 6.45) is 8.39. The molecule has 7 nitrogen and oxygen atoms in total. The maximum Gasteiger partial charge on any atom is 0.235 e. The highest BCUT2D eigenvalue weighted by atomic mass is 32.2. The number of rotatable bonds is 3. The molecule has 2 aliphatic rings. The van der Waals surface area contributed by atoms with Crippen molar-refractivity contribution in [2.45, 2.75) is 36.6 Å². The quantitative estimate of drug-likeness (QED) is 0.777. The molecule has 4 rings (SSSR count). The molecule has 0 aromatic carbocycles. The molecule has 0 saturated heterocycles. The second-order valence-electron chi connectivity index (χ2n) is 6.21. The van der Waals surface area contributed by atoms with Crippen LogP contribution in [0, 0.1) is 0 Å². The number of amides is 1. The standard InChI is InChI=1S/C16H20N6OS/c17-11-2-1-3-12(11)21-16(23)13-8-22(6-7-24-13)15-10-4-5-18-14(10)19-9-20-15/h4-7,9,11-13H,1-3,8,17H2,(H,21,23)(H,18,19,20)/t11-,12-,13?/m1/s1. The van der Waals surface area contributed by atoms with Crippen LogP contribution in [0.25, 0.3) is 11.0 Å².